The van der Waals surface area contributed by atoms with E-state index in [4.69, 9.17) is 24.2 Å². The zero-order valence-electron chi connectivity index (χ0n) is 39.7. The van der Waals surface area contributed by atoms with Gasteiger partial charge in [0, 0.05) is 92.3 Å². The van der Waals surface area contributed by atoms with Crippen LogP contribution in [0.25, 0.3) is 33.4 Å². The maximum Gasteiger partial charge on any atom is 0.324 e. The van der Waals surface area contributed by atoms with Gasteiger partial charge in [0.2, 0.25) is 5.91 Å². The molecule has 0 saturated carbocycles. The van der Waals surface area contributed by atoms with Crippen molar-refractivity contribution in [3.63, 3.8) is 0 Å². The molecule has 3 aliphatic heterocycles. The van der Waals surface area contributed by atoms with Crippen molar-refractivity contribution in [3.8, 4) is 22.5 Å². The first-order valence-electron chi connectivity index (χ1n) is 22.9. The predicted octanol–water partition coefficient (Wildman–Crippen LogP) is 5.54. The summed E-state index contributed by atoms with van der Waals surface area (Å²) in [5.41, 5.74) is 9.36. The molecule has 352 valence electrons. The highest BCUT2D eigenvalue weighted by atomic mass is 32.1. The van der Waals surface area contributed by atoms with E-state index < -0.39 is 41.3 Å². The zero-order chi connectivity index (χ0) is 46.7. The van der Waals surface area contributed by atoms with Crippen LogP contribution in [0.15, 0.2) is 41.9 Å². The number of hydrazine groups is 1. The molecule has 3 aromatic heterocycles. The van der Waals surface area contributed by atoms with E-state index in [-0.39, 0.29) is 37.2 Å². The van der Waals surface area contributed by atoms with Crippen molar-refractivity contribution in [2.24, 2.45) is 11.3 Å². The van der Waals surface area contributed by atoms with E-state index in [0.717, 1.165) is 44.7 Å². The second-order valence-corrected chi connectivity index (χ2v) is 20.0. The van der Waals surface area contributed by atoms with Crippen molar-refractivity contribution < 1.29 is 33.4 Å². The monoisotopic (exact) mass is 913 g/mol. The quantitative estimate of drug-likeness (QED) is 0.192. The largest absolute Gasteiger partial charge is 0.464 e. The summed E-state index contributed by atoms with van der Waals surface area (Å²) in [6.07, 6.45) is 3.11. The van der Waals surface area contributed by atoms with Crippen molar-refractivity contribution in [1.82, 2.24) is 45.0 Å². The Kier molecular flexibility index (Phi) is 15.0. The Balaban J connectivity index is 1.26. The number of aryl methyl sites for hydroxylation is 1. The van der Waals surface area contributed by atoms with Gasteiger partial charge in [0.25, 0.3) is 5.91 Å². The molecule has 1 aromatic carbocycles. The average Bonchev–Trinajstić information content (AvgIpc) is 3.88. The lowest BCUT2D eigenvalue weighted by molar-refractivity contribution is -0.155. The van der Waals surface area contributed by atoms with Crippen molar-refractivity contribution in [2.45, 2.75) is 104 Å². The minimum Gasteiger partial charge on any atom is -0.464 e. The number of hydrogen-bond donors (Lipinski definition) is 2. The summed E-state index contributed by atoms with van der Waals surface area (Å²) in [5, 5.41) is 8.20. The van der Waals surface area contributed by atoms with Gasteiger partial charge in [0.1, 0.15) is 18.1 Å². The molecule has 4 aromatic rings. The number of likely N-dealkylation sites (N-methyl/N-ethyl adjacent to an activating group) is 2. The molecule has 2 N–H and O–H groups in total. The molecule has 4 amide bonds. The Morgan fingerprint density at radius 3 is 2.63 bits per heavy atom. The lowest BCUT2D eigenvalue weighted by Crippen LogP contribution is -2.63. The predicted molar refractivity (Wildman–Crippen MR) is 251 cm³/mol. The van der Waals surface area contributed by atoms with Crippen molar-refractivity contribution in [1.29, 1.82) is 0 Å². The second-order valence-electron chi connectivity index (χ2n) is 19.1. The first-order valence-corrected chi connectivity index (χ1v) is 23.8. The highest BCUT2D eigenvalue weighted by Gasteiger charge is 2.39. The Bertz CT molecular complexity index is 2360. The van der Waals surface area contributed by atoms with Gasteiger partial charge in [-0.05, 0) is 83.0 Å². The lowest BCUT2D eigenvalue weighted by Gasteiger charge is -2.39. The molecule has 3 aliphatic rings. The standard InChI is InChI=1S/C48H67N9O7S/c1-11-56-39-17-16-31-22-34(39)35(43(56)33-14-12-18-49-41(33)30(4)62-10)24-48(5,6)28-64-46(60)36-15-13-19-57(52-36)45(59)37(23-40-50-38(31)27-65-40)51-44(58)42(29(2)3)54(9)47(61)55-20-21-63-32(26-55)25-53(7)8/h12,14,16-18,22,27,29-30,32,36-37,42,52H,11,13,15,19-21,23-26,28H2,1-10H3,(H,51,58)/t30-,32+,36-,37-,42?/m0/s1. The van der Waals surface area contributed by atoms with E-state index in [1.165, 1.54) is 21.2 Å². The van der Waals surface area contributed by atoms with Gasteiger partial charge in [0.15, 0.2) is 0 Å². The number of thiazole rings is 1. The number of nitrogens with one attached hydrogen (secondary N) is 2. The minimum absolute atomic E-state index is 0.0974. The Labute approximate surface area is 386 Å². The van der Waals surface area contributed by atoms with Gasteiger partial charge >= 0.3 is 12.0 Å². The maximum atomic E-state index is 14.6. The number of esters is 1. The number of aromatic nitrogens is 3. The fraction of sp³-hybridized carbons (Fsp3) is 0.583. The molecular weight excluding hydrogens is 847 g/mol. The highest BCUT2D eigenvalue weighted by molar-refractivity contribution is 7.10. The third-order valence-corrected chi connectivity index (χ3v) is 13.6. The van der Waals surface area contributed by atoms with Crippen LogP contribution in [0.2, 0.25) is 0 Å². The number of carbonyl (C=O) groups is 4. The van der Waals surface area contributed by atoms with Crippen LogP contribution in [-0.4, -0.2) is 150 Å². The third kappa shape index (κ3) is 10.5. The van der Waals surface area contributed by atoms with E-state index in [1.54, 1.807) is 25.3 Å². The van der Waals surface area contributed by atoms with Crippen molar-refractivity contribution in [3.05, 3.63) is 58.2 Å². The number of carbonyl (C=O) groups excluding carboxylic acids is 4. The number of fused-ring (bicyclic) bond motifs is 6. The molecule has 6 heterocycles. The molecule has 7 rings (SSSR count). The molecule has 0 aliphatic carbocycles. The van der Waals surface area contributed by atoms with E-state index in [1.807, 2.05) is 51.2 Å². The summed E-state index contributed by atoms with van der Waals surface area (Å²) in [6, 6.07) is 7.47. The van der Waals surface area contributed by atoms with Gasteiger partial charge < -0.3 is 38.8 Å². The average molecular weight is 914 g/mol. The first-order chi connectivity index (χ1) is 31.0. The summed E-state index contributed by atoms with van der Waals surface area (Å²) in [6.45, 7) is 15.2. The van der Waals surface area contributed by atoms with Crippen molar-refractivity contribution >= 4 is 46.1 Å². The summed E-state index contributed by atoms with van der Waals surface area (Å²) >= 11 is 1.42. The number of rotatable bonds is 10. The smallest absolute Gasteiger partial charge is 0.324 e. The number of hydrogen-bond acceptors (Lipinski definition) is 12. The van der Waals surface area contributed by atoms with E-state index >= 15 is 0 Å². The van der Waals surface area contributed by atoms with E-state index in [9.17, 15) is 19.2 Å². The van der Waals surface area contributed by atoms with Gasteiger partial charge in [0.05, 0.1) is 47.5 Å². The van der Waals surface area contributed by atoms with E-state index in [0.29, 0.717) is 63.6 Å². The molecule has 2 fully saturated rings. The number of methoxy groups -OCH3 is 1. The molecule has 17 heteroatoms. The number of cyclic esters (lactones) is 1. The van der Waals surface area contributed by atoms with Gasteiger partial charge in [-0.1, -0.05) is 33.8 Å². The number of morpholine rings is 1. The van der Waals surface area contributed by atoms with Crippen LogP contribution in [0.4, 0.5) is 4.79 Å². The fourth-order valence-electron chi connectivity index (χ4n) is 9.50. The summed E-state index contributed by atoms with van der Waals surface area (Å²) in [4.78, 5) is 72.2. The number of amides is 4. The maximum absolute atomic E-state index is 14.6. The third-order valence-electron chi connectivity index (χ3n) is 12.8. The minimum atomic E-state index is -1.06. The van der Waals surface area contributed by atoms with Crippen LogP contribution in [0.5, 0.6) is 0 Å². The van der Waals surface area contributed by atoms with Gasteiger partial charge in [-0.3, -0.25) is 24.4 Å². The zero-order valence-corrected chi connectivity index (χ0v) is 40.5. The normalized spacial score (nSPS) is 21.6. The number of pyridine rings is 1. The molecule has 5 atom stereocenters. The Morgan fingerprint density at radius 1 is 1.12 bits per heavy atom. The summed E-state index contributed by atoms with van der Waals surface area (Å²) < 4.78 is 20.2. The highest BCUT2D eigenvalue weighted by Crippen LogP contribution is 2.42. The fourth-order valence-corrected chi connectivity index (χ4v) is 10.4. The van der Waals surface area contributed by atoms with Crippen LogP contribution in [-0.2, 0) is 48.0 Å². The molecule has 6 bridgehead atoms. The Hall–Kier alpha value is -4.94. The first kappa shape index (κ1) is 48.0. The molecule has 16 nitrogen and oxygen atoms in total. The number of ether oxygens (including phenoxy) is 3. The van der Waals surface area contributed by atoms with Crippen molar-refractivity contribution in [2.75, 3.05) is 67.6 Å². The Morgan fingerprint density at radius 2 is 1.91 bits per heavy atom. The number of urea groups is 1. The molecule has 65 heavy (non-hydrogen) atoms. The SMILES string of the molecule is CCn1c(-c2cccnc2[C@H](C)OC)c2c3cc(ccc31)-c1csc(n1)C[C@H](NC(=O)C(C(C)C)N(C)C(=O)N1CCO[C@H](CN(C)C)C1)C(=O)N1CCC[C@H](N1)C(=O)OCC(C)(C)C2. The second kappa shape index (κ2) is 20.3. The topological polar surface area (TPSA) is 164 Å². The van der Waals surface area contributed by atoms with Crippen LogP contribution in [0.1, 0.15) is 76.8 Å². The summed E-state index contributed by atoms with van der Waals surface area (Å²) in [5.74, 6) is -1.58. The molecule has 0 spiro atoms. The van der Waals surface area contributed by atoms with Gasteiger partial charge in [-0.2, -0.15) is 0 Å². The van der Waals surface area contributed by atoms with Crippen LogP contribution >= 0.6 is 11.3 Å². The molecule has 1 unspecified atom stereocenters. The molecule has 2 saturated heterocycles. The van der Waals surface area contributed by atoms with E-state index in [2.05, 4.69) is 60.3 Å². The molecule has 0 radical (unpaired) electrons. The van der Waals surface area contributed by atoms with Gasteiger partial charge in [-0.15, -0.1) is 11.3 Å². The summed E-state index contributed by atoms with van der Waals surface area (Å²) in [7, 11) is 7.25. The van der Waals surface area contributed by atoms with Gasteiger partial charge in [-0.25, -0.2) is 15.2 Å². The lowest BCUT2D eigenvalue weighted by atomic mass is 9.84. The number of nitrogens with zero attached hydrogens (tertiary/aromatic N) is 7. The van der Waals surface area contributed by atoms with Crippen LogP contribution in [0, 0.1) is 11.3 Å². The number of benzene rings is 1. The van der Waals surface area contributed by atoms with Crippen LogP contribution in [0.3, 0.4) is 0 Å². The molecular formula is C48H67N9O7S. The van der Waals surface area contributed by atoms with Crippen LogP contribution < -0.4 is 10.7 Å².